The zero-order valence-electron chi connectivity index (χ0n) is 57.8. The summed E-state index contributed by atoms with van der Waals surface area (Å²) in [5.41, 5.74) is 13.6. The Labute approximate surface area is 553 Å². The smallest absolute Gasteiger partial charge is 0.162 e. The predicted octanol–water partition coefficient (Wildman–Crippen LogP) is 15.4. The lowest BCUT2D eigenvalue weighted by Crippen LogP contribution is -2.48. The van der Waals surface area contributed by atoms with Gasteiger partial charge >= 0.3 is 0 Å². The number of hydrogen-bond donors (Lipinski definition) is 1. The number of nitrogens with zero attached hydrogens (tertiary/aromatic N) is 6. The largest absolute Gasteiger partial charge is 0.497 e. The number of benzene rings is 4. The average molecular weight is 1270 g/mol. The van der Waals surface area contributed by atoms with Crippen molar-refractivity contribution >= 4 is 34.1 Å². The third-order valence-corrected chi connectivity index (χ3v) is 18.7. The Kier molecular flexibility index (Phi) is 22.8. The number of ketones is 1. The Morgan fingerprint density at radius 3 is 1.39 bits per heavy atom. The first-order chi connectivity index (χ1) is 44.8. The fourth-order valence-corrected chi connectivity index (χ4v) is 13.1. The van der Waals surface area contributed by atoms with Crippen LogP contribution in [0.3, 0.4) is 0 Å². The van der Waals surface area contributed by atoms with Gasteiger partial charge in [-0.1, -0.05) is 89.1 Å². The molecule has 93 heavy (non-hydrogen) atoms. The first-order valence-electron chi connectivity index (χ1n) is 34.1. The highest BCUT2D eigenvalue weighted by Gasteiger charge is 2.40. The number of pyridine rings is 2. The Balaban J connectivity index is 0.000000203. The molecule has 0 amide bonds. The molecule has 500 valence electrons. The number of nitrogens with one attached hydrogen (secondary N) is 1. The number of unbranched alkanes of at least 4 members (excludes halogenated alkanes) is 2. The minimum absolute atomic E-state index is 0.166. The van der Waals surface area contributed by atoms with E-state index in [1.54, 1.807) is 28.4 Å². The van der Waals surface area contributed by atoms with Crippen molar-refractivity contribution in [1.82, 2.24) is 19.5 Å². The second-order valence-electron chi connectivity index (χ2n) is 27.8. The zero-order valence-corrected chi connectivity index (χ0v) is 57.8. The molecule has 1 N–H and O–H groups in total. The molecule has 5 heterocycles. The van der Waals surface area contributed by atoms with Gasteiger partial charge in [0.1, 0.15) is 45.9 Å². The van der Waals surface area contributed by atoms with Crippen molar-refractivity contribution in [2.75, 3.05) is 76.5 Å². The molecule has 7 aromatic rings. The van der Waals surface area contributed by atoms with Crippen LogP contribution in [0, 0.1) is 10.8 Å². The Bertz CT molecular complexity index is 3470. The zero-order chi connectivity index (χ0) is 65.8. The lowest BCUT2D eigenvalue weighted by Gasteiger charge is -2.42. The highest BCUT2D eigenvalue weighted by atomic mass is 16.7. The highest BCUT2D eigenvalue weighted by Crippen LogP contribution is 2.42. The van der Waals surface area contributed by atoms with Crippen LogP contribution in [-0.4, -0.2) is 98.3 Å². The maximum atomic E-state index is 13.6. The summed E-state index contributed by atoms with van der Waals surface area (Å²) in [6.07, 6.45) is 14.4. The SMILES string of the molecule is CCCCC(=O)Cc1c(N(Cc2ccc(OC)cc2)Cc2ccc(OC)cc2)nc2c(c1NCC1(C)COC(C)(C)OC1)CCCC2.CCCCc1nc2c(N(Cc3ccc(OC)cc3)Cc3ccc(OC)cc3)nc3c(c2n1CC1(C)COC(C)(C)OC1)CCCC3. The van der Waals surface area contributed by atoms with E-state index in [0.29, 0.717) is 72.0 Å². The summed E-state index contributed by atoms with van der Waals surface area (Å²) in [5.74, 6) is 5.45. The van der Waals surface area contributed by atoms with Crippen LogP contribution in [0.5, 0.6) is 23.0 Å². The van der Waals surface area contributed by atoms with Gasteiger partial charge in [-0.05, 0) is 174 Å². The molecule has 2 aliphatic carbocycles. The third-order valence-electron chi connectivity index (χ3n) is 18.7. The third kappa shape index (κ3) is 17.6. The number of imidazole rings is 1. The van der Waals surface area contributed by atoms with Gasteiger partial charge in [-0.15, -0.1) is 0 Å². The second-order valence-corrected chi connectivity index (χ2v) is 27.8. The summed E-state index contributed by atoms with van der Waals surface area (Å²) in [6, 6.07) is 33.1. The van der Waals surface area contributed by atoms with E-state index in [2.05, 4.69) is 95.9 Å². The Morgan fingerprint density at radius 1 is 0.527 bits per heavy atom. The van der Waals surface area contributed by atoms with Gasteiger partial charge in [0.15, 0.2) is 17.4 Å². The summed E-state index contributed by atoms with van der Waals surface area (Å²) in [4.78, 5) is 34.7. The van der Waals surface area contributed by atoms with Gasteiger partial charge in [-0.25, -0.2) is 15.0 Å². The number of hydrogen-bond acceptors (Lipinski definition) is 15. The molecule has 0 bridgehead atoms. The van der Waals surface area contributed by atoms with Crippen LogP contribution in [0.15, 0.2) is 97.1 Å². The summed E-state index contributed by atoms with van der Waals surface area (Å²) < 4.78 is 48.9. The first-order valence-corrected chi connectivity index (χ1v) is 34.1. The van der Waals surface area contributed by atoms with E-state index >= 15 is 0 Å². The average Bonchev–Trinajstić information content (AvgIpc) is 1.68. The van der Waals surface area contributed by atoms with Crippen LogP contribution >= 0.6 is 0 Å². The molecule has 2 fully saturated rings. The van der Waals surface area contributed by atoms with Gasteiger partial charge in [-0.2, -0.15) is 0 Å². The topological polar surface area (TPSA) is 153 Å². The minimum atomic E-state index is -0.581. The highest BCUT2D eigenvalue weighted by molar-refractivity contribution is 5.91. The number of methoxy groups -OCH3 is 4. The molecule has 11 rings (SSSR count). The monoisotopic (exact) mass is 1270 g/mol. The molecule has 0 spiro atoms. The number of fused-ring (bicyclic) bond motifs is 4. The van der Waals surface area contributed by atoms with Crippen molar-refractivity contribution in [1.29, 1.82) is 0 Å². The first kappa shape index (κ1) is 68.6. The molecular formula is C77H103N7O9. The van der Waals surface area contributed by atoms with Crippen molar-refractivity contribution < 1.29 is 42.7 Å². The van der Waals surface area contributed by atoms with Gasteiger partial charge in [0.25, 0.3) is 0 Å². The van der Waals surface area contributed by atoms with Crippen molar-refractivity contribution in [3.05, 3.63) is 153 Å². The number of carbonyl (C=O) groups excluding carboxylic acids is 1. The molecule has 0 atom stereocenters. The van der Waals surface area contributed by atoms with E-state index in [1.165, 1.54) is 39.9 Å². The van der Waals surface area contributed by atoms with E-state index < -0.39 is 11.6 Å². The summed E-state index contributed by atoms with van der Waals surface area (Å²) in [6.45, 7) is 23.4. The van der Waals surface area contributed by atoms with Gasteiger partial charge in [0, 0.05) is 92.0 Å². The minimum Gasteiger partial charge on any atom is -0.497 e. The maximum absolute atomic E-state index is 13.6. The van der Waals surface area contributed by atoms with Gasteiger partial charge in [-0.3, -0.25) is 4.79 Å². The van der Waals surface area contributed by atoms with E-state index in [-0.39, 0.29) is 16.6 Å². The lowest BCUT2D eigenvalue weighted by atomic mass is 9.88. The summed E-state index contributed by atoms with van der Waals surface area (Å²) >= 11 is 0. The fourth-order valence-electron chi connectivity index (χ4n) is 13.1. The standard InChI is InChI=1S/C39H53N3O5.C38H50N4O4/c1-7-8-11-30(43)22-34-36(40-25-39(4)26-46-38(2,3)47-27-39)33-12-9-10-13-35(33)41-37(34)42(23-28-14-18-31(44-5)19-15-28)24-29-16-20-32(45-6)21-17-29;1-7-8-13-33-40-34-35(42(33)24-38(4)25-45-37(2,3)46-26-38)31-11-9-10-12-32(31)39-36(34)41(22-27-14-18-29(43-5)19-15-27)23-28-16-20-30(44-6)21-17-28/h14-21H,7-13,22-27H2,1-6H3,(H,40,41);14-21H,7-13,22-26H2,1-6H3. The number of carbonyl (C=O) groups is 1. The quantitative estimate of drug-likeness (QED) is 0.0519. The molecule has 16 nitrogen and oxygen atoms in total. The lowest BCUT2D eigenvalue weighted by molar-refractivity contribution is -0.284. The van der Waals surface area contributed by atoms with Crippen LogP contribution in [0.4, 0.5) is 17.3 Å². The number of rotatable bonds is 27. The molecule has 3 aromatic heterocycles. The van der Waals surface area contributed by atoms with Crippen LogP contribution in [0.25, 0.3) is 11.0 Å². The van der Waals surface area contributed by atoms with Crippen LogP contribution in [0.2, 0.25) is 0 Å². The molecule has 2 aliphatic heterocycles. The number of Topliss-reactive ketones (excluding diaryl/α,β-unsaturated/α-hetero) is 1. The number of ether oxygens (including phenoxy) is 8. The molecule has 0 radical (unpaired) electrons. The van der Waals surface area contributed by atoms with E-state index in [1.807, 2.05) is 76.2 Å². The van der Waals surface area contributed by atoms with Crippen LogP contribution in [-0.2, 0) is 95.0 Å². The predicted molar refractivity (Wildman–Crippen MR) is 370 cm³/mol. The second kappa shape index (κ2) is 30.9. The maximum Gasteiger partial charge on any atom is 0.162 e. The summed E-state index contributed by atoms with van der Waals surface area (Å²) in [5, 5.41) is 3.88. The molecule has 0 saturated carbocycles. The van der Waals surface area contributed by atoms with Crippen LogP contribution < -0.4 is 34.1 Å². The number of aryl methyl sites for hydroxylation is 4. The van der Waals surface area contributed by atoms with Crippen LogP contribution in [0.1, 0.15) is 169 Å². The van der Waals surface area contributed by atoms with Crippen molar-refractivity contribution in [3.8, 4) is 23.0 Å². The Hall–Kier alpha value is -7.24. The molecule has 4 aromatic carbocycles. The van der Waals surface area contributed by atoms with Gasteiger partial charge in [0.2, 0.25) is 0 Å². The van der Waals surface area contributed by atoms with Gasteiger partial charge < -0.3 is 57.6 Å². The van der Waals surface area contributed by atoms with E-state index in [0.717, 1.165) is 158 Å². The number of anilines is 3. The fraction of sp³-hybridized carbons (Fsp3) is 0.532. The molecular weight excluding hydrogens is 1170 g/mol. The van der Waals surface area contributed by atoms with Crippen molar-refractivity contribution in [2.45, 2.75) is 196 Å². The number of aromatic nitrogens is 4. The van der Waals surface area contributed by atoms with E-state index in [9.17, 15) is 4.79 Å². The normalized spacial score (nSPS) is 16.9. The van der Waals surface area contributed by atoms with Crippen molar-refractivity contribution in [2.24, 2.45) is 10.8 Å². The molecule has 2 saturated heterocycles. The van der Waals surface area contributed by atoms with Crippen molar-refractivity contribution in [3.63, 3.8) is 0 Å². The summed E-state index contributed by atoms with van der Waals surface area (Å²) in [7, 11) is 6.78. The molecule has 0 unspecified atom stereocenters. The van der Waals surface area contributed by atoms with E-state index in [4.69, 9.17) is 52.8 Å². The molecule has 16 heteroatoms. The molecule has 4 aliphatic rings. The van der Waals surface area contributed by atoms with Gasteiger partial charge in [0.05, 0.1) is 60.4 Å². The Morgan fingerprint density at radius 2 is 0.935 bits per heavy atom.